The molecule has 1 saturated heterocycles. The monoisotopic (exact) mass is 447 g/mol. The Kier molecular flexibility index (Phi) is 5.67. The van der Waals surface area contributed by atoms with Crippen molar-refractivity contribution in [3.63, 3.8) is 0 Å². The van der Waals surface area contributed by atoms with Gasteiger partial charge >= 0.3 is 6.03 Å². The molecular weight excluding hydrogens is 414 g/mol. The van der Waals surface area contributed by atoms with Crippen molar-refractivity contribution in [1.82, 2.24) is 14.7 Å². The highest BCUT2D eigenvalue weighted by atomic mass is 32.2. The Morgan fingerprint density at radius 1 is 1.10 bits per heavy atom. The van der Waals surface area contributed by atoms with Gasteiger partial charge in [-0.1, -0.05) is 30.3 Å². The van der Waals surface area contributed by atoms with Gasteiger partial charge in [-0.25, -0.2) is 13.2 Å². The summed E-state index contributed by atoms with van der Waals surface area (Å²) in [4.78, 5) is 31.3. The largest absolute Gasteiger partial charge is 0.327 e. The molecule has 1 spiro atoms. The van der Waals surface area contributed by atoms with E-state index in [-0.39, 0.29) is 11.6 Å². The Bertz CT molecular complexity index is 948. The molecule has 0 radical (unpaired) electrons. The number of carbonyl (C=O) groups excluding carboxylic acids is 2. The van der Waals surface area contributed by atoms with Crippen molar-refractivity contribution in [1.29, 1.82) is 0 Å². The molecule has 0 bridgehead atoms. The normalized spacial score (nSPS) is 29.2. The number of hydrogen-bond acceptors (Lipinski definition) is 5. The van der Waals surface area contributed by atoms with Gasteiger partial charge in [-0.15, -0.1) is 0 Å². The second-order valence-corrected chi connectivity index (χ2v) is 12.0. The Morgan fingerprint density at radius 3 is 2.23 bits per heavy atom. The van der Waals surface area contributed by atoms with E-state index in [9.17, 15) is 18.0 Å². The molecule has 170 valence electrons. The van der Waals surface area contributed by atoms with Crippen LogP contribution in [0.2, 0.25) is 0 Å². The molecule has 4 rings (SSSR count). The van der Waals surface area contributed by atoms with E-state index in [1.165, 1.54) is 10.5 Å². The van der Waals surface area contributed by atoms with Crippen LogP contribution >= 0.6 is 0 Å². The smallest absolute Gasteiger partial charge is 0.317 e. The maximum Gasteiger partial charge on any atom is 0.327 e. The molecular formula is C23H33N3O4S. The second kappa shape index (κ2) is 7.89. The Labute approximate surface area is 185 Å². The number of sulfone groups is 1. The molecule has 0 unspecified atom stereocenters. The van der Waals surface area contributed by atoms with Crippen molar-refractivity contribution in [3.05, 3.63) is 35.9 Å². The first-order valence-corrected chi connectivity index (χ1v) is 13.2. The molecule has 1 aliphatic heterocycles. The highest BCUT2D eigenvalue weighted by molar-refractivity contribution is 7.91. The summed E-state index contributed by atoms with van der Waals surface area (Å²) in [5, 5.41) is 0. The van der Waals surface area contributed by atoms with E-state index < -0.39 is 27.0 Å². The van der Waals surface area contributed by atoms with Crippen LogP contribution in [0.25, 0.3) is 0 Å². The Balaban J connectivity index is 1.60. The van der Waals surface area contributed by atoms with Crippen LogP contribution in [0.15, 0.2) is 30.3 Å². The van der Waals surface area contributed by atoms with Crippen molar-refractivity contribution in [2.75, 3.05) is 39.2 Å². The van der Waals surface area contributed by atoms with Gasteiger partial charge in [0.2, 0.25) is 5.91 Å². The predicted molar refractivity (Wildman–Crippen MR) is 119 cm³/mol. The Morgan fingerprint density at radius 2 is 1.71 bits per heavy atom. The SMILES string of the molecule is CN(C)C1(c2ccccc2)CCC2(CC1)CN(C(=O)CS(C)(=O)=O)C(=O)N2CC1CC1. The third-order valence-electron chi connectivity index (χ3n) is 7.49. The van der Waals surface area contributed by atoms with E-state index in [4.69, 9.17) is 0 Å². The van der Waals surface area contributed by atoms with E-state index in [1.807, 2.05) is 11.0 Å². The maximum absolute atomic E-state index is 13.3. The average Bonchev–Trinajstić information content (AvgIpc) is 3.49. The number of benzene rings is 1. The summed E-state index contributed by atoms with van der Waals surface area (Å²) in [6, 6.07) is 10.2. The van der Waals surface area contributed by atoms with Crippen molar-refractivity contribution >= 4 is 21.8 Å². The number of hydrogen-bond donors (Lipinski definition) is 0. The molecule has 0 N–H and O–H groups in total. The van der Waals surface area contributed by atoms with Gasteiger partial charge in [0.1, 0.15) is 5.75 Å². The standard InChI is InChI=1S/C23H33N3O4S/c1-24(2)23(19-7-5-4-6-8-19)13-11-22(12-14-23)17-25(20(27)16-31(3,29)30)21(28)26(22)15-18-9-10-18/h4-8,18H,9-17H2,1-3H3. The minimum atomic E-state index is -3.49. The van der Waals surface area contributed by atoms with E-state index in [0.29, 0.717) is 19.0 Å². The van der Waals surface area contributed by atoms with Gasteiger partial charge < -0.3 is 4.90 Å². The van der Waals surface area contributed by atoms with E-state index in [1.54, 1.807) is 0 Å². The third-order valence-corrected chi connectivity index (χ3v) is 8.26. The van der Waals surface area contributed by atoms with Gasteiger partial charge in [0.25, 0.3) is 0 Å². The van der Waals surface area contributed by atoms with Crippen LogP contribution in [0.5, 0.6) is 0 Å². The minimum absolute atomic E-state index is 0.106. The number of carbonyl (C=O) groups is 2. The molecule has 3 amide bonds. The molecule has 1 aromatic rings. The summed E-state index contributed by atoms with van der Waals surface area (Å²) in [6.45, 7) is 0.965. The third kappa shape index (κ3) is 4.24. The molecule has 2 saturated carbocycles. The number of nitrogens with zero attached hydrogens (tertiary/aromatic N) is 3. The fraction of sp³-hybridized carbons (Fsp3) is 0.652. The van der Waals surface area contributed by atoms with Crippen LogP contribution in [0.1, 0.15) is 44.1 Å². The summed E-state index contributed by atoms with van der Waals surface area (Å²) in [5.41, 5.74) is 0.768. The number of rotatable bonds is 6. The predicted octanol–water partition coefficient (Wildman–Crippen LogP) is 2.48. The fourth-order valence-corrected chi connectivity index (χ4v) is 6.03. The molecule has 2 aliphatic carbocycles. The van der Waals surface area contributed by atoms with Crippen LogP contribution in [-0.4, -0.2) is 79.8 Å². The highest BCUT2D eigenvalue weighted by Crippen LogP contribution is 2.49. The number of urea groups is 1. The molecule has 1 heterocycles. The summed E-state index contributed by atoms with van der Waals surface area (Å²) in [6.07, 6.45) is 6.61. The van der Waals surface area contributed by atoms with Gasteiger partial charge in [-0.3, -0.25) is 14.6 Å². The fourth-order valence-electron chi connectivity index (χ4n) is 5.42. The number of imide groups is 1. The summed E-state index contributed by atoms with van der Waals surface area (Å²) >= 11 is 0. The van der Waals surface area contributed by atoms with Crippen LogP contribution in [-0.2, 0) is 20.2 Å². The molecule has 1 aromatic carbocycles. The second-order valence-electron chi connectivity index (χ2n) is 9.90. The van der Waals surface area contributed by atoms with Gasteiger partial charge in [0.05, 0.1) is 12.1 Å². The van der Waals surface area contributed by atoms with Crippen LogP contribution < -0.4 is 0 Å². The van der Waals surface area contributed by atoms with Crippen LogP contribution in [0.4, 0.5) is 4.79 Å². The number of amides is 3. The lowest BCUT2D eigenvalue weighted by Gasteiger charge is -2.51. The maximum atomic E-state index is 13.3. The molecule has 0 aromatic heterocycles. The van der Waals surface area contributed by atoms with Gasteiger partial charge in [-0.05, 0) is 64.1 Å². The lowest BCUT2D eigenvalue weighted by atomic mass is 9.68. The molecule has 31 heavy (non-hydrogen) atoms. The molecule has 3 aliphatic rings. The van der Waals surface area contributed by atoms with E-state index in [0.717, 1.165) is 44.8 Å². The van der Waals surface area contributed by atoms with Crippen molar-refractivity contribution in [3.8, 4) is 0 Å². The first kappa shape index (κ1) is 22.3. The summed E-state index contributed by atoms with van der Waals surface area (Å²) < 4.78 is 23.4. The van der Waals surface area contributed by atoms with E-state index >= 15 is 0 Å². The lowest BCUT2D eigenvalue weighted by Crippen LogP contribution is -2.55. The van der Waals surface area contributed by atoms with Crippen LogP contribution in [0, 0.1) is 5.92 Å². The van der Waals surface area contributed by atoms with E-state index in [2.05, 4.69) is 43.3 Å². The Hall–Kier alpha value is -1.93. The lowest BCUT2D eigenvalue weighted by molar-refractivity contribution is -0.125. The van der Waals surface area contributed by atoms with Gasteiger partial charge in [0.15, 0.2) is 9.84 Å². The van der Waals surface area contributed by atoms with Crippen LogP contribution in [0.3, 0.4) is 0 Å². The zero-order valence-electron chi connectivity index (χ0n) is 18.7. The molecule has 3 fully saturated rings. The average molecular weight is 448 g/mol. The van der Waals surface area contributed by atoms with Gasteiger partial charge in [0, 0.05) is 18.3 Å². The first-order valence-electron chi connectivity index (χ1n) is 11.1. The molecule has 0 atom stereocenters. The van der Waals surface area contributed by atoms with Crippen molar-refractivity contribution < 1.29 is 18.0 Å². The topological polar surface area (TPSA) is 78.0 Å². The van der Waals surface area contributed by atoms with Gasteiger partial charge in [-0.2, -0.15) is 0 Å². The van der Waals surface area contributed by atoms with Crippen molar-refractivity contribution in [2.24, 2.45) is 5.92 Å². The summed E-state index contributed by atoms with van der Waals surface area (Å²) in [5.74, 6) is -0.712. The zero-order chi connectivity index (χ0) is 22.4. The zero-order valence-corrected chi connectivity index (χ0v) is 19.5. The highest BCUT2D eigenvalue weighted by Gasteiger charge is 2.56. The first-order chi connectivity index (χ1) is 14.6. The molecule has 8 heteroatoms. The minimum Gasteiger partial charge on any atom is -0.317 e. The quantitative estimate of drug-likeness (QED) is 0.670. The summed E-state index contributed by atoms with van der Waals surface area (Å²) in [7, 11) is 0.723. The van der Waals surface area contributed by atoms with Crippen molar-refractivity contribution in [2.45, 2.75) is 49.6 Å². The molecule has 7 nitrogen and oxygen atoms in total.